The summed E-state index contributed by atoms with van der Waals surface area (Å²) in [4.78, 5) is 41.8. The number of hydrogen-bond donors (Lipinski definition) is 1. The minimum atomic E-state index is -1.69. The number of nitrogens with one attached hydrogen (secondary N) is 1. The molecule has 0 saturated carbocycles. The van der Waals surface area contributed by atoms with Gasteiger partial charge in [-0.15, -0.1) is 0 Å². The van der Waals surface area contributed by atoms with Crippen LogP contribution in [0.4, 0.5) is 31.7 Å². The molecule has 1 aromatic heterocycles. The average Bonchev–Trinajstić information content (AvgIpc) is 2.91. The van der Waals surface area contributed by atoms with Gasteiger partial charge in [0.2, 0.25) is 6.41 Å². The zero-order chi connectivity index (χ0) is 29.1. The van der Waals surface area contributed by atoms with Crippen molar-refractivity contribution in [3.05, 3.63) is 80.9 Å². The molecule has 1 fully saturated rings. The third kappa shape index (κ3) is 5.56. The fourth-order valence-corrected chi connectivity index (χ4v) is 4.27. The van der Waals surface area contributed by atoms with E-state index in [1.54, 1.807) is 31.2 Å². The molecule has 0 atom stereocenters. The predicted octanol–water partition coefficient (Wildman–Crippen LogP) is 5.10. The molecule has 0 spiro atoms. The van der Waals surface area contributed by atoms with E-state index in [2.05, 4.69) is 5.32 Å². The molecule has 208 valence electrons. The maximum Gasteiger partial charge on any atom is 0.259 e. The molecule has 1 aliphatic heterocycles. The fraction of sp³-hybridized carbons (Fsp3) is 0.345. The van der Waals surface area contributed by atoms with Gasteiger partial charge in [-0.3, -0.25) is 23.9 Å². The van der Waals surface area contributed by atoms with E-state index >= 15 is 4.39 Å². The van der Waals surface area contributed by atoms with Crippen molar-refractivity contribution >= 4 is 35.2 Å². The molecule has 39 heavy (non-hydrogen) atoms. The highest BCUT2D eigenvalue weighted by Crippen LogP contribution is 2.39. The van der Waals surface area contributed by atoms with Crippen molar-refractivity contribution < 1.29 is 23.1 Å². The zero-order valence-electron chi connectivity index (χ0n) is 23.3. The summed E-state index contributed by atoms with van der Waals surface area (Å²) >= 11 is 0. The van der Waals surface area contributed by atoms with Crippen LogP contribution in [0.1, 0.15) is 40.9 Å². The van der Waals surface area contributed by atoms with Crippen LogP contribution in [0.25, 0.3) is 0 Å². The number of nitrogens with zero attached hydrogens (tertiary/aromatic N) is 3. The number of pyridine rings is 1. The van der Waals surface area contributed by atoms with E-state index in [0.29, 0.717) is 17.5 Å². The highest BCUT2D eigenvalue weighted by molar-refractivity contribution is 6.08. The minimum Gasteiger partial charge on any atom is -0.374 e. The number of aromatic nitrogens is 1. The van der Waals surface area contributed by atoms with Crippen LogP contribution in [0.2, 0.25) is 0 Å². The second kappa shape index (κ2) is 11.8. The first kappa shape index (κ1) is 29.5. The number of anilines is 4. The lowest BCUT2D eigenvalue weighted by molar-refractivity contribution is -0.135. The number of alkyl halides is 1. The number of aryl methyl sites for hydroxylation is 1. The third-order valence-corrected chi connectivity index (χ3v) is 6.44. The maximum atomic E-state index is 15.1. The van der Waals surface area contributed by atoms with Crippen LogP contribution in [0.15, 0.2) is 47.3 Å². The highest BCUT2D eigenvalue weighted by atomic mass is 19.1. The monoisotopic (exact) mass is 540 g/mol. The molecule has 1 saturated heterocycles. The van der Waals surface area contributed by atoms with Gasteiger partial charge in [0.1, 0.15) is 17.2 Å². The summed E-state index contributed by atoms with van der Waals surface area (Å²) in [6.45, 7) is 7.02. The number of carbonyl (C=O) groups excluding carboxylic acids is 2. The maximum absolute atomic E-state index is 15.1. The van der Waals surface area contributed by atoms with Crippen molar-refractivity contribution in [3.63, 3.8) is 0 Å². The van der Waals surface area contributed by atoms with Crippen LogP contribution < -0.4 is 15.8 Å². The van der Waals surface area contributed by atoms with Crippen molar-refractivity contribution in [3.8, 4) is 0 Å². The van der Waals surface area contributed by atoms with E-state index in [-0.39, 0.29) is 47.2 Å². The topological polar surface area (TPSA) is 83.9 Å². The fourth-order valence-electron chi connectivity index (χ4n) is 4.27. The van der Waals surface area contributed by atoms with Gasteiger partial charge >= 0.3 is 0 Å². The Morgan fingerprint density at radius 2 is 1.79 bits per heavy atom. The van der Waals surface area contributed by atoms with E-state index in [0.717, 1.165) is 4.90 Å². The molecule has 0 bridgehead atoms. The molecule has 0 aliphatic carbocycles. The summed E-state index contributed by atoms with van der Waals surface area (Å²) in [7, 11) is 4.51. The molecule has 4 rings (SSSR count). The van der Waals surface area contributed by atoms with Gasteiger partial charge in [0.05, 0.1) is 24.6 Å². The molecule has 10 heteroatoms. The quantitative estimate of drug-likeness (QED) is 0.422. The lowest BCUT2D eigenvalue weighted by atomic mass is 9.93. The Bertz CT molecular complexity index is 1450. The summed E-state index contributed by atoms with van der Waals surface area (Å²) < 4.78 is 36.1. The van der Waals surface area contributed by atoms with Crippen LogP contribution in [0, 0.1) is 19.7 Å². The molecule has 0 unspecified atom stereocenters. The Morgan fingerprint density at radius 3 is 2.33 bits per heavy atom. The Morgan fingerprint density at radius 1 is 1.13 bits per heavy atom. The number of carbonyl (C=O) groups is 2. The summed E-state index contributed by atoms with van der Waals surface area (Å²) in [5.74, 6) is -1.10. The lowest BCUT2D eigenvalue weighted by Crippen LogP contribution is -2.42. The Balaban J connectivity index is 0.00000205. The molecular formula is C29H34F2N4O4. The van der Waals surface area contributed by atoms with Crippen LogP contribution >= 0.6 is 0 Å². The van der Waals surface area contributed by atoms with Crippen molar-refractivity contribution in [2.45, 2.75) is 33.4 Å². The summed E-state index contributed by atoms with van der Waals surface area (Å²) in [5, 5.41) is 2.89. The van der Waals surface area contributed by atoms with Gasteiger partial charge in [0.25, 0.3) is 11.5 Å². The van der Waals surface area contributed by atoms with Crippen LogP contribution in [-0.2, 0) is 22.2 Å². The third-order valence-electron chi connectivity index (χ3n) is 6.44. The second-order valence-corrected chi connectivity index (χ2v) is 9.35. The van der Waals surface area contributed by atoms with Crippen molar-refractivity contribution in [1.29, 1.82) is 0 Å². The van der Waals surface area contributed by atoms with E-state index in [9.17, 15) is 18.8 Å². The van der Waals surface area contributed by atoms with Gasteiger partial charge in [-0.1, -0.05) is 32.0 Å². The molecular weight excluding hydrogens is 506 g/mol. The first-order valence-corrected chi connectivity index (χ1v) is 12.6. The van der Waals surface area contributed by atoms with Crippen LogP contribution in [0.5, 0.6) is 0 Å². The van der Waals surface area contributed by atoms with E-state index < -0.39 is 23.0 Å². The number of hydrogen-bond acceptors (Lipinski definition) is 5. The van der Waals surface area contributed by atoms with Gasteiger partial charge in [0, 0.05) is 32.4 Å². The number of rotatable bonds is 7. The molecule has 8 nitrogen and oxygen atoms in total. The lowest BCUT2D eigenvalue weighted by Gasteiger charge is -2.35. The molecule has 2 heterocycles. The second-order valence-electron chi connectivity index (χ2n) is 9.35. The van der Waals surface area contributed by atoms with E-state index in [4.69, 9.17) is 4.74 Å². The summed E-state index contributed by atoms with van der Waals surface area (Å²) in [6.07, 6.45) is 0.464. The van der Waals surface area contributed by atoms with Crippen LogP contribution in [0.3, 0.4) is 0 Å². The van der Waals surface area contributed by atoms with Gasteiger partial charge in [-0.05, 0) is 49.2 Å². The molecule has 1 aliphatic rings. The van der Waals surface area contributed by atoms with Gasteiger partial charge in [0.15, 0.2) is 5.67 Å². The van der Waals surface area contributed by atoms with Crippen molar-refractivity contribution in [2.75, 3.05) is 37.5 Å². The molecule has 0 radical (unpaired) electrons. The smallest absolute Gasteiger partial charge is 0.259 e. The molecule has 2 aromatic carbocycles. The van der Waals surface area contributed by atoms with E-state index in [1.807, 2.05) is 13.8 Å². The highest BCUT2D eigenvalue weighted by Gasteiger charge is 2.41. The summed E-state index contributed by atoms with van der Waals surface area (Å²) in [5.41, 5.74) is -0.777. The van der Waals surface area contributed by atoms with Gasteiger partial charge < -0.3 is 15.0 Å². The minimum absolute atomic E-state index is 0.00409. The summed E-state index contributed by atoms with van der Waals surface area (Å²) in [6, 6.07) is 10.8. The van der Waals surface area contributed by atoms with Gasteiger partial charge in [-0.2, -0.15) is 0 Å². The number of benzene rings is 2. The largest absolute Gasteiger partial charge is 0.374 e. The molecule has 3 aromatic rings. The Kier molecular flexibility index (Phi) is 8.91. The first-order chi connectivity index (χ1) is 18.5. The van der Waals surface area contributed by atoms with E-state index in [1.165, 1.54) is 55.7 Å². The average molecular weight is 541 g/mol. The number of halogens is 2. The van der Waals surface area contributed by atoms with Crippen LogP contribution in [-0.4, -0.2) is 49.1 Å². The Labute approximate surface area is 226 Å². The van der Waals surface area contributed by atoms with Crippen molar-refractivity contribution in [2.24, 2.45) is 7.05 Å². The molecule has 1 N–H and O–H groups in total. The number of ether oxygens (including phenoxy) is 1. The normalized spacial score (nSPS) is 13.5. The van der Waals surface area contributed by atoms with Crippen molar-refractivity contribution in [1.82, 2.24) is 9.47 Å². The zero-order valence-corrected chi connectivity index (χ0v) is 23.3. The molecule has 2 amide bonds. The first-order valence-electron chi connectivity index (χ1n) is 12.6. The van der Waals surface area contributed by atoms with Gasteiger partial charge in [-0.25, -0.2) is 8.78 Å². The standard InChI is InChI=1S/C27H28F2N4O4.C2H6/c1-16-9-10-21(20(28)11-16)30-24-22(26(36)31(3)4)23(17(2)25(35)32(24)5)33(15-34)19-8-6-7-18(12-19)27(29)13-37-14-27;1-2/h6-12,15,30H,13-14H2,1-5H3;1-2H3. The SMILES string of the molecule is CC.Cc1ccc(Nc2c(C(=O)N(C)C)c(N(C=O)c3cccc(C4(F)COC4)c3)c(C)c(=O)n2C)c(F)c1. The number of amides is 2. The predicted molar refractivity (Wildman–Crippen MR) is 148 cm³/mol. The Hall–Kier alpha value is -4.05.